The lowest BCUT2D eigenvalue weighted by molar-refractivity contribution is 0.322. The van der Waals surface area contributed by atoms with E-state index in [9.17, 15) is 0 Å². The highest BCUT2D eigenvalue weighted by molar-refractivity contribution is 5.78. The van der Waals surface area contributed by atoms with Gasteiger partial charge in [0.25, 0.3) is 0 Å². The number of hydrogen-bond donors (Lipinski definition) is 0. The van der Waals surface area contributed by atoms with Gasteiger partial charge in [-0.05, 0) is 36.8 Å². The summed E-state index contributed by atoms with van der Waals surface area (Å²) in [5.41, 5.74) is 3.32. The van der Waals surface area contributed by atoms with Crippen molar-refractivity contribution in [2.45, 2.75) is 6.92 Å². The second kappa shape index (κ2) is 6.68. The van der Waals surface area contributed by atoms with Crippen molar-refractivity contribution in [2.75, 3.05) is 19.0 Å². The lowest BCUT2D eigenvalue weighted by Gasteiger charge is -2.19. The Morgan fingerprint density at radius 1 is 1.09 bits per heavy atom. The highest BCUT2D eigenvalue weighted by atomic mass is 16.5. The van der Waals surface area contributed by atoms with Crippen molar-refractivity contribution in [3.8, 4) is 12.1 Å². The Morgan fingerprint density at radius 3 is 2.22 bits per heavy atom. The van der Waals surface area contributed by atoms with Crippen LogP contribution in [-0.2, 0) is 4.74 Å². The number of benzene rings is 1. The van der Waals surface area contributed by atoms with Crippen LogP contribution in [0.2, 0.25) is 0 Å². The summed E-state index contributed by atoms with van der Waals surface area (Å²) in [5.74, 6) is 1.16. The van der Waals surface area contributed by atoms with E-state index in [-0.39, 0.29) is 5.57 Å². The van der Waals surface area contributed by atoms with Crippen molar-refractivity contribution in [2.24, 2.45) is 0 Å². The van der Waals surface area contributed by atoms with Gasteiger partial charge in [0.05, 0.1) is 0 Å². The van der Waals surface area contributed by atoms with E-state index in [1.165, 1.54) is 0 Å². The molecule has 1 aromatic rings. The highest BCUT2D eigenvalue weighted by Gasteiger charge is 2.15. The molecule has 2 rings (SSSR count). The second-order valence-corrected chi connectivity index (χ2v) is 5.34. The minimum atomic E-state index is 0.0564. The van der Waals surface area contributed by atoms with Gasteiger partial charge in [0.1, 0.15) is 29.2 Å². The Labute approximate surface area is 136 Å². The smallest absolute Gasteiger partial charge is 0.137 e. The summed E-state index contributed by atoms with van der Waals surface area (Å²) < 4.78 is 5.71. The quantitative estimate of drug-likeness (QED) is 0.794. The molecule has 1 heterocycles. The fourth-order valence-corrected chi connectivity index (χ4v) is 2.18. The molecule has 0 unspecified atom stereocenters. The molecule has 0 aliphatic carbocycles. The van der Waals surface area contributed by atoms with E-state index in [0.29, 0.717) is 22.7 Å². The first-order valence-corrected chi connectivity index (χ1v) is 7.05. The lowest BCUT2D eigenvalue weighted by atomic mass is 10.00. The van der Waals surface area contributed by atoms with Crippen LogP contribution >= 0.6 is 0 Å². The minimum absolute atomic E-state index is 0.0564. The van der Waals surface area contributed by atoms with Crippen molar-refractivity contribution >= 4 is 11.3 Å². The summed E-state index contributed by atoms with van der Waals surface area (Å²) >= 11 is 0. The van der Waals surface area contributed by atoms with Gasteiger partial charge in [-0.2, -0.15) is 10.5 Å². The molecule has 1 aliphatic rings. The predicted molar refractivity (Wildman–Crippen MR) is 91.0 cm³/mol. The van der Waals surface area contributed by atoms with Crippen molar-refractivity contribution in [1.82, 2.24) is 0 Å². The molecule has 4 heteroatoms. The Morgan fingerprint density at radius 2 is 1.70 bits per heavy atom. The molecule has 0 spiro atoms. The molecular formula is C19H17N3O. The molecule has 114 valence electrons. The molecule has 0 saturated heterocycles. The van der Waals surface area contributed by atoms with Crippen LogP contribution in [0, 0.1) is 22.7 Å². The molecular weight excluding hydrogens is 286 g/mol. The van der Waals surface area contributed by atoms with Gasteiger partial charge < -0.3 is 9.64 Å². The van der Waals surface area contributed by atoms with Crippen LogP contribution in [0.15, 0.2) is 65.7 Å². The van der Waals surface area contributed by atoms with E-state index in [0.717, 1.165) is 11.3 Å². The Hall–Kier alpha value is -3.24. The number of nitrogens with zero attached hydrogens (tertiary/aromatic N) is 3. The van der Waals surface area contributed by atoms with E-state index in [1.807, 2.05) is 55.4 Å². The number of ether oxygens (including phenoxy) is 1. The van der Waals surface area contributed by atoms with E-state index < -0.39 is 0 Å². The molecule has 0 N–H and O–H groups in total. The van der Waals surface area contributed by atoms with Crippen molar-refractivity contribution < 1.29 is 4.74 Å². The van der Waals surface area contributed by atoms with Crippen molar-refractivity contribution in [3.05, 3.63) is 71.2 Å². The van der Waals surface area contributed by atoms with Crippen LogP contribution in [0.1, 0.15) is 12.5 Å². The molecule has 4 nitrogen and oxygen atoms in total. The van der Waals surface area contributed by atoms with Crippen molar-refractivity contribution in [1.29, 1.82) is 10.5 Å². The maximum absolute atomic E-state index is 9.03. The fourth-order valence-electron chi connectivity index (χ4n) is 2.18. The third-order valence-electron chi connectivity index (χ3n) is 3.46. The largest absolute Gasteiger partial charge is 0.461 e. The monoisotopic (exact) mass is 303 g/mol. The van der Waals surface area contributed by atoms with Gasteiger partial charge in [-0.3, -0.25) is 0 Å². The molecule has 1 aromatic carbocycles. The number of hydrogen-bond acceptors (Lipinski definition) is 4. The lowest BCUT2D eigenvalue weighted by Crippen LogP contribution is -2.08. The molecule has 1 aliphatic heterocycles. The SMILES string of the molecule is C=C(C1=CC(=C(C#N)C#N)C=C(C)O1)c1ccc(N(C)C)cc1. The van der Waals surface area contributed by atoms with Gasteiger partial charge in [-0.15, -0.1) is 0 Å². The average Bonchev–Trinajstić information content (AvgIpc) is 2.55. The molecule has 0 bridgehead atoms. The van der Waals surface area contributed by atoms with Crippen molar-refractivity contribution in [3.63, 3.8) is 0 Å². The third kappa shape index (κ3) is 3.51. The van der Waals surface area contributed by atoms with Gasteiger partial charge in [0.2, 0.25) is 0 Å². The highest BCUT2D eigenvalue weighted by Crippen LogP contribution is 2.31. The van der Waals surface area contributed by atoms with Gasteiger partial charge in [0, 0.05) is 30.9 Å². The first kappa shape index (κ1) is 16.1. The molecule has 0 saturated carbocycles. The summed E-state index contributed by atoms with van der Waals surface area (Å²) in [6.07, 6.45) is 3.35. The number of rotatable bonds is 3. The van der Waals surface area contributed by atoms with Gasteiger partial charge in [-0.1, -0.05) is 18.7 Å². The van der Waals surface area contributed by atoms with Crippen LogP contribution in [0.25, 0.3) is 5.57 Å². The van der Waals surface area contributed by atoms with E-state index >= 15 is 0 Å². The Balaban J connectivity index is 2.38. The molecule has 0 amide bonds. The van der Waals surface area contributed by atoms with Crippen LogP contribution in [0.3, 0.4) is 0 Å². The topological polar surface area (TPSA) is 60.1 Å². The molecule has 0 radical (unpaired) electrons. The van der Waals surface area contributed by atoms with Crippen LogP contribution in [-0.4, -0.2) is 14.1 Å². The fraction of sp³-hybridized carbons (Fsp3) is 0.158. The zero-order valence-corrected chi connectivity index (χ0v) is 13.4. The summed E-state index contributed by atoms with van der Waals surface area (Å²) in [6, 6.07) is 11.7. The number of allylic oxidation sites excluding steroid dienone is 6. The normalized spacial score (nSPS) is 13.0. The van der Waals surface area contributed by atoms with Crippen LogP contribution in [0.5, 0.6) is 0 Å². The molecule has 0 atom stereocenters. The van der Waals surface area contributed by atoms with Gasteiger partial charge in [0.15, 0.2) is 0 Å². The third-order valence-corrected chi connectivity index (χ3v) is 3.46. The predicted octanol–water partition coefficient (Wildman–Crippen LogP) is 3.93. The molecule has 0 aromatic heterocycles. The number of nitriles is 2. The van der Waals surface area contributed by atoms with Crippen LogP contribution in [0.4, 0.5) is 5.69 Å². The Kier molecular flexibility index (Phi) is 4.69. The first-order valence-electron chi connectivity index (χ1n) is 7.05. The first-order chi connectivity index (χ1) is 11.0. The number of anilines is 1. The van der Waals surface area contributed by atoms with Crippen LogP contribution < -0.4 is 4.90 Å². The summed E-state index contributed by atoms with van der Waals surface area (Å²) in [6.45, 7) is 5.86. The van der Waals surface area contributed by atoms with Gasteiger partial charge in [-0.25, -0.2) is 0 Å². The maximum Gasteiger partial charge on any atom is 0.137 e. The Bertz CT molecular complexity index is 794. The maximum atomic E-state index is 9.03. The summed E-state index contributed by atoms with van der Waals surface area (Å²) in [4.78, 5) is 2.02. The minimum Gasteiger partial charge on any atom is -0.461 e. The van der Waals surface area contributed by atoms with E-state index in [2.05, 4.69) is 6.58 Å². The molecule has 23 heavy (non-hydrogen) atoms. The summed E-state index contributed by atoms with van der Waals surface area (Å²) in [5, 5.41) is 18.1. The standard InChI is InChI=1S/C19H17N3O/c1-13-9-16(17(11-20)12-21)10-19(23-13)14(2)15-5-7-18(8-6-15)22(3)4/h5-10H,2H2,1,3-4H3. The molecule has 0 fully saturated rings. The van der Waals surface area contributed by atoms with Gasteiger partial charge >= 0.3 is 0 Å². The van der Waals surface area contributed by atoms with E-state index in [1.54, 1.807) is 19.1 Å². The average molecular weight is 303 g/mol. The zero-order valence-electron chi connectivity index (χ0n) is 13.4. The van der Waals surface area contributed by atoms with E-state index in [4.69, 9.17) is 15.3 Å². The zero-order chi connectivity index (χ0) is 17.0. The second-order valence-electron chi connectivity index (χ2n) is 5.34. The summed E-state index contributed by atoms with van der Waals surface area (Å²) in [7, 11) is 3.96.